The number of carbonyl (C=O) groups excluding carboxylic acids is 2. The minimum absolute atomic E-state index is 0.0860. The summed E-state index contributed by atoms with van der Waals surface area (Å²) in [4.78, 5) is 30.8. The van der Waals surface area contributed by atoms with E-state index < -0.39 is 0 Å². The van der Waals surface area contributed by atoms with Crippen LogP contribution in [0.1, 0.15) is 38.7 Å². The van der Waals surface area contributed by atoms with E-state index in [1.165, 1.54) is 4.90 Å². The summed E-state index contributed by atoms with van der Waals surface area (Å²) in [6.07, 6.45) is 3.04. The fraction of sp³-hybridized carbons (Fsp3) is 0.360. The number of rotatable bonds is 6. The maximum Gasteiger partial charge on any atom is 0.282 e. The molecule has 0 aliphatic carbocycles. The summed E-state index contributed by atoms with van der Waals surface area (Å²) < 4.78 is 11.5. The Morgan fingerprint density at radius 1 is 0.839 bits per heavy atom. The van der Waals surface area contributed by atoms with Crippen LogP contribution in [0.4, 0.5) is 5.69 Å². The van der Waals surface area contributed by atoms with E-state index in [1.807, 2.05) is 50.2 Å². The number of para-hydroxylation sites is 3. The summed E-state index contributed by atoms with van der Waals surface area (Å²) in [7, 11) is 1.57. The maximum atomic E-state index is 13.8. The molecule has 0 aromatic heterocycles. The van der Waals surface area contributed by atoms with Crippen molar-refractivity contribution < 1.29 is 19.1 Å². The van der Waals surface area contributed by atoms with Gasteiger partial charge < -0.3 is 14.4 Å². The van der Waals surface area contributed by atoms with E-state index in [0.29, 0.717) is 34.0 Å². The monoisotopic (exact) mass is 420 g/mol. The van der Waals surface area contributed by atoms with Gasteiger partial charge in [0.05, 0.1) is 24.5 Å². The number of hydrogen-bond donors (Lipinski definition) is 0. The van der Waals surface area contributed by atoms with Crippen molar-refractivity contribution in [3.8, 4) is 11.5 Å². The lowest BCUT2D eigenvalue weighted by Gasteiger charge is -2.30. The number of hydrogen-bond acceptors (Lipinski definition) is 5. The van der Waals surface area contributed by atoms with E-state index in [4.69, 9.17) is 9.47 Å². The van der Waals surface area contributed by atoms with Crippen LogP contribution in [0.5, 0.6) is 11.5 Å². The van der Waals surface area contributed by atoms with Crippen LogP contribution < -0.4 is 14.4 Å². The van der Waals surface area contributed by atoms with Crippen molar-refractivity contribution >= 4 is 23.1 Å². The first kappa shape index (κ1) is 21.0. The summed E-state index contributed by atoms with van der Waals surface area (Å²) in [6, 6.07) is 14.6. The standard InChI is InChI=1S/C25H28N2O4/c1-17(2)31-21-14-8-6-12-19(21)27-24(28)22(18-11-5-7-13-20(18)30-3)23(25(27)29)26-15-9-4-10-16-26/h5-8,11-14,17H,4,9-10,15-16H2,1-3H3. The number of carbonyl (C=O) groups is 2. The molecule has 6 heteroatoms. The molecule has 0 N–H and O–H groups in total. The molecule has 1 fully saturated rings. The van der Waals surface area contributed by atoms with Crippen LogP contribution in [0.3, 0.4) is 0 Å². The van der Waals surface area contributed by atoms with Crippen LogP contribution in [0.2, 0.25) is 0 Å². The van der Waals surface area contributed by atoms with Crippen molar-refractivity contribution in [3.63, 3.8) is 0 Å². The number of imide groups is 1. The molecule has 2 aromatic carbocycles. The number of amides is 2. The van der Waals surface area contributed by atoms with Gasteiger partial charge >= 0.3 is 0 Å². The highest BCUT2D eigenvalue weighted by Crippen LogP contribution is 2.41. The largest absolute Gasteiger partial charge is 0.496 e. The third-order valence-electron chi connectivity index (χ3n) is 5.58. The fourth-order valence-corrected chi connectivity index (χ4v) is 4.24. The molecular weight excluding hydrogens is 392 g/mol. The lowest BCUT2D eigenvalue weighted by atomic mass is 10.0. The lowest BCUT2D eigenvalue weighted by Crippen LogP contribution is -2.37. The van der Waals surface area contributed by atoms with Crippen molar-refractivity contribution in [2.24, 2.45) is 0 Å². The third-order valence-corrected chi connectivity index (χ3v) is 5.58. The van der Waals surface area contributed by atoms with Gasteiger partial charge in [-0.1, -0.05) is 30.3 Å². The Hall–Kier alpha value is -3.28. The zero-order chi connectivity index (χ0) is 22.0. The highest BCUT2D eigenvalue weighted by molar-refractivity contribution is 6.46. The van der Waals surface area contributed by atoms with Gasteiger partial charge in [-0.25, -0.2) is 4.90 Å². The molecule has 2 amide bonds. The second kappa shape index (κ2) is 8.84. The van der Waals surface area contributed by atoms with Crippen molar-refractivity contribution in [2.75, 3.05) is 25.1 Å². The van der Waals surface area contributed by atoms with Crippen LogP contribution in [0.25, 0.3) is 5.57 Å². The van der Waals surface area contributed by atoms with Gasteiger partial charge in [-0.15, -0.1) is 0 Å². The summed E-state index contributed by atoms with van der Waals surface area (Å²) in [5.41, 5.74) is 1.94. The van der Waals surface area contributed by atoms with Crippen LogP contribution in [-0.4, -0.2) is 43.0 Å². The van der Waals surface area contributed by atoms with Gasteiger partial charge in [-0.05, 0) is 51.3 Å². The zero-order valence-corrected chi connectivity index (χ0v) is 18.3. The topological polar surface area (TPSA) is 59.1 Å². The number of nitrogens with zero attached hydrogens (tertiary/aromatic N) is 2. The van der Waals surface area contributed by atoms with Crippen molar-refractivity contribution in [3.05, 3.63) is 59.8 Å². The van der Waals surface area contributed by atoms with Gasteiger partial charge in [-0.2, -0.15) is 0 Å². The molecule has 2 heterocycles. The number of ether oxygens (including phenoxy) is 2. The molecule has 0 bridgehead atoms. The molecule has 0 spiro atoms. The fourth-order valence-electron chi connectivity index (χ4n) is 4.24. The SMILES string of the molecule is COc1ccccc1C1=C(N2CCCCC2)C(=O)N(c2ccccc2OC(C)C)C1=O. The van der Waals surface area contributed by atoms with Gasteiger partial charge in [0.25, 0.3) is 11.8 Å². The molecule has 2 aromatic rings. The second-order valence-corrected chi connectivity index (χ2v) is 8.05. The van der Waals surface area contributed by atoms with Crippen LogP contribution >= 0.6 is 0 Å². The number of piperidine rings is 1. The van der Waals surface area contributed by atoms with E-state index in [0.717, 1.165) is 32.4 Å². The molecule has 0 atom stereocenters. The number of anilines is 1. The normalized spacial score (nSPS) is 17.0. The van der Waals surface area contributed by atoms with E-state index in [1.54, 1.807) is 19.2 Å². The summed E-state index contributed by atoms with van der Waals surface area (Å²) in [5.74, 6) is 0.419. The Morgan fingerprint density at radius 3 is 2.16 bits per heavy atom. The minimum atomic E-state index is -0.352. The van der Waals surface area contributed by atoms with Gasteiger partial charge in [0.15, 0.2) is 0 Å². The average Bonchev–Trinajstić information content (AvgIpc) is 3.04. The molecule has 1 saturated heterocycles. The first-order valence-corrected chi connectivity index (χ1v) is 10.8. The molecular formula is C25H28N2O4. The van der Waals surface area contributed by atoms with Crippen LogP contribution in [0.15, 0.2) is 54.2 Å². The summed E-state index contributed by atoms with van der Waals surface area (Å²) >= 11 is 0. The Morgan fingerprint density at radius 2 is 1.48 bits per heavy atom. The van der Waals surface area contributed by atoms with Gasteiger partial charge in [-0.3, -0.25) is 9.59 Å². The van der Waals surface area contributed by atoms with E-state index >= 15 is 0 Å². The molecule has 6 nitrogen and oxygen atoms in total. The lowest BCUT2D eigenvalue weighted by molar-refractivity contribution is -0.120. The predicted octanol–water partition coefficient (Wildman–Crippen LogP) is 4.25. The van der Waals surface area contributed by atoms with Crippen LogP contribution in [0, 0.1) is 0 Å². The zero-order valence-electron chi connectivity index (χ0n) is 18.3. The first-order valence-electron chi connectivity index (χ1n) is 10.8. The smallest absolute Gasteiger partial charge is 0.282 e. The van der Waals surface area contributed by atoms with Crippen molar-refractivity contribution in [1.82, 2.24) is 4.90 Å². The molecule has 4 rings (SSSR count). The first-order chi connectivity index (χ1) is 15.0. The van der Waals surface area contributed by atoms with E-state index in [2.05, 4.69) is 4.90 Å². The molecule has 0 radical (unpaired) electrons. The van der Waals surface area contributed by atoms with Crippen LogP contribution in [-0.2, 0) is 9.59 Å². The average molecular weight is 421 g/mol. The number of likely N-dealkylation sites (tertiary alicyclic amines) is 1. The van der Waals surface area contributed by atoms with Gasteiger partial charge in [0.2, 0.25) is 0 Å². The van der Waals surface area contributed by atoms with Crippen molar-refractivity contribution in [1.29, 1.82) is 0 Å². The summed E-state index contributed by atoms with van der Waals surface area (Å²) in [6.45, 7) is 5.35. The molecule has 31 heavy (non-hydrogen) atoms. The predicted molar refractivity (Wildman–Crippen MR) is 120 cm³/mol. The minimum Gasteiger partial charge on any atom is -0.496 e. The molecule has 2 aliphatic rings. The number of benzene rings is 2. The Balaban J connectivity index is 1.86. The third kappa shape index (κ3) is 3.90. The Labute approximate surface area is 183 Å². The highest BCUT2D eigenvalue weighted by Gasteiger charge is 2.44. The Kier molecular flexibility index (Phi) is 5.98. The summed E-state index contributed by atoms with van der Waals surface area (Å²) in [5, 5.41) is 0. The second-order valence-electron chi connectivity index (χ2n) is 8.05. The highest BCUT2D eigenvalue weighted by atomic mass is 16.5. The molecule has 0 unspecified atom stereocenters. The van der Waals surface area contributed by atoms with Crippen molar-refractivity contribution in [2.45, 2.75) is 39.2 Å². The number of methoxy groups -OCH3 is 1. The molecule has 2 aliphatic heterocycles. The Bertz CT molecular complexity index is 1020. The molecule has 162 valence electrons. The molecule has 0 saturated carbocycles. The quantitative estimate of drug-likeness (QED) is 0.654. The van der Waals surface area contributed by atoms with E-state index in [9.17, 15) is 9.59 Å². The van der Waals surface area contributed by atoms with Gasteiger partial charge in [0, 0.05) is 18.7 Å². The van der Waals surface area contributed by atoms with E-state index in [-0.39, 0.29) is 17.9 Å². The maximum absolute atomic E-state index is 13.8. The van der Waals surface area contributed by atoms with Gasteiger partial charge in [0.1, 0.15) is 17.2 Å².